The molecule has 0 amide bonds. The van der Waals surface area contributed by atoms with Crippen molar-refractivity contribution in [3.63, 3.8) is 0 Å². The molecule has 0 unspecified atom stereocenters. The third-order valence-electron chi connectivity index (χ3n) is 2.98. The molecule has 1 aromatic rings. The summed E-state index contributed by atoms with van der Waals surface area (Å²) < 4.78 is 25.2. The highest BCUT2D eigenvalue weighted by atomic mass is 35.5. The molecule has 1 rings (SSSR count). The van der Waals surface area contributed by atoms with Gasteiger partial charge in [-0.25, -0.2) is 13.1 Å². The van der Waals surface area contributed by atoms with Crippen molar-refractivity contribution in [3.8, 4) is 0 Å². The Morgan fingerprint density at radius 2 is 2.00 bits per heavy atom. The number of hydrogen-bond acceptors (Lipinski definition) is 3. The lowest BCUT2D eigenvalue weighted by atomic mass is 10.1. The van der Waals surface area contributed by atoms with E-state index in [2.05, 4.69) is 20.3 Å². The first-order chi connectivity index (χ1) is 10.6. The van der Waals surface area contributed by atoms with Crippen LogP contribution in [0, 0.1) is 0 Å². The minimum Gasteiger partial charge on any atom is -0.356 e. The van der Waals surface area contributed by atoms with Crippen molar-refractivity contribution in [1.82, 2.24) is 15.4 Å². The maximum Gasteiger partial charge on any atom is 0.209 e. The molecular formula is C15H25ClN4O2S. The van der Waals surface area contributed by atoms with Gasteiger partial charge in [0, 0.05) is 30.7 Å². The van der Waals surface area contributed by atoms with Crippen LogP contribution in [0.1, 0.15) is 19.4 Å². The van der Waals surface area contributed by atoms with Gasteiger partial charge in [0.15, 0.2) is 5.96 Å². The van der Waals surface area contributed by atoms with E-state index in [1.54, 1.807) is 20.9 Å². The second kappa shape index (κ2) is 8.52. The smallest absolute Gasteiger partial charge is 0.209 e. The van der Waals surface area contributed by atoms with Crippen LogP contribution in [0.5, 0.6) is 0 Å². The summed E-state index contributed by atoms with van der Waals surface area (Å²) in [6, 6.07) is 7.71. The monoisotopic (exact) mass is 360 g/mol. The normalized spacial score (nSPS) is 13.0. The number of aliphatic imine (C=N–C) groups is 1. The number of halogens is 1. The molecule has 8 heteroatoms. The van der Waals surface area contributed by atoms with Crippen LogP contribution in [0.4, 0.5) is 0 Å². The van der Waals surface area contributed by atoms with Gasteiger partial charge in [0.1, 0.15) is 0 Å². The zero-order valence-corrected chi connectivity index (χ0v) is 15.6. The Labute approximate surface area is 143 Å². The van der Waals surface area contributed by atoms with E-state index in [4.69, 9.17) is 11.6 Å². The Bertz CT molecular complexity index is 645. The van der Waals surface area contributed by atoms with Crippen molar-refractivity contribution in [1.29, 1.82) is 0 Å². The fraction of sp³-hybridized carbons (Fsp3) is 0.533. The van der Waals surface area contributed by atoms with Crippen molar-refractivity contribution in [2.45, 2.75) is 25.8 Å². The van der Waals surface area contributed by atoms with Gasteiger partial charge in [-0.1, -0.05) is 23.7 Å². The summed E-state index contributed by atoms with van der Waals surface area (Å²) in [5, 5.41) is 7.03. The predicted octanol–water partition coefficient (Wildman–Crippen LogP) is 1.38. The largest absolute Gasteiger partial charge is 0.356 e. The minimum atomic E-state index is -3.26. The van der Waals surface area contributed by atoms with Gasteiger partial charge < -0.3 is 10.6 Å². The molecule has 0 aromatic heterocycles. The average Bonchev–Trinajstić information content (AvgIpc) is 2.40. The van der Waals surface area contributed by atoms with E-state index in [1.165, 1.54) is 0 Å². The zero-order valence-electron chi connectivity index (χ0n) is 14.0. The maximum atomic E-state index is 11.3. The highest BCUT2D eigenvalue weighted by Gasteiger charge is 2.22. The molecular weight excluding hydrogens is 336 g/mol. The summed E-state index contributed by atoms with van der Waals surface area (Å²) in [4.78, 5) is 4.13. The van der Waals surface area contributed by atoms with Crippen LogP contribution in [-0.4, -0.2) is 46.3 Å². The van der Waals surface area contributed by atoms with Gasteiger partial charge in [-0.05, 0) is 38.0 Å². The van der Waals surface area contributed by atoms with Gasteiger partial charge in [0.05, 0.1) is 6.26 Å². The van der Waals surface area contributed by atoms with Gasteiger partial charge in [0.2, 0.25) is 10.0 Å². The Morgan fingerprint density at radius 1 is 1.30 bits per heavy atom. The SMILES string of the molecule is CN=C(NCCc1cccc(Cl)c1)NCC(C)(C)NS(C)(=O)=O. The first kappa shape index (κ1) is 19.7. The van der Waals surface area contributed by atoms with E-state index in [1.807, 2.05) is 24.3 Å². The average molecular weight is 361 g/mol. The molecule has 130 valence electrons. The lowest BCUT2D eigenvalue weighted by Crippen LogP contribution is -2.53. The Kier molecular flexibility index (Phi) is 7.31. The highest BCUT2D eigenvalue weighted by Crippen LogP contribution is 2.10. The van der Waals surface area contributed by atoms with Crippen LogP contribution in [0.2, 0.25) is 5.02 Å². The van der Waals surface area contributed by atoms with Gasteiger partial charge in [0.25, 0.3) is 0 Å². The number of guanidine groups is 1. The molecule has 0 radical (unpaired) electrons. The molecule has 0 aliphatic heterocycles. The van der Waals surface area contributed by atoms with Crippen molar-refractivity contribution >= 4 is 27.6 Å². The van der Waals surface area contributed by atoms with Gasteiger partial charge in [-0.15, -0.1) is 0 Å². The fourth-order valence-corrected chi connectivity index (χ4v) is 3.37. The van der Waals surface area contributed by atoms with Crippen LogP contribution < -0.4 is 15.4 Å². The van der Waals surface area contributed by atoms with Gasteiger partial charge in [-0.2, -0.15) is 0 Å². The van der Waals surface area contributed by atoms with Gasteiger partial charge in [-0.3, -0.25) is 4.99 Å². The number of nitrogens with one attached hydrogen (secondary N) is 3. The van der Waals surface area contributed by atoms with E-state index in [-0.39, 0.29) is 0 Å². The van der Waals surface area contributed by atoms with Crippen molar-refractivity contribution < 1.29 is 8.42 Å². The summed E-state index contributed by atoms with van der Waals surface area (Å²) in [6.45, 7) is 4.72. The minimum absolute atomic E-state index is 0.414. The van der Waals surface area contributed by atoms with E-state index in [9.17, 15) is 8.42 Å². The van der Waals surface area contributed by atoms with E-state index >= 15 is 0 Å². The van der Waals surface area contributed by atoms with Crippen LogP contribution in [0.25, 0.3) is 0 Å². The molecule has 6 nitrogen and oxygen atoms in total. The van der Waals surface area contributed by atoms with Crippen molar-refractivity contribution in [2.75, 3.05) is 26.4 Å². The number of rotatable bonds is 7. The van der Waals surface area contributed by atoms with E-state index in [0.717, 1.165) is 23.3 Å². The third kappa shape index (κ3) is 8.78. The molecule has 0 aliphatic carbocycles. The Balaban J connectivity index is 2.43. The number of nitrogens with zero attached hydrogens (tertiary/aromatic N) is 1. The molecule has 0 fully saturated rings. The molecule has 0 spiro atoms. The summed E-state index contributed by atoms with van der Waals surface area (Å²) in [7, 11) is -1.58. The second-order valence-electron chi connectivity index (χ2n) is 5.99. The zero-order chi connectivity index (χ0) is 17.5. The number of benzene rings is 1. The van der Waals surface area contributed by atoms with Crippen molar-refractivity contribution in [3.05, 3.63) is 34.9 Å². The fourth-order valence-electron chi connectivity index (χ4n) is 2.08. The quantitative estimate of drug-likeness (QED) is 0.506. The highest BCUT2D eigenvalue weighted by molar-refractivity contribution is 7.88. The van der Waals surface area contributed by atoms with Crippen LogP contribution in [0.3, 0.4) is 0 Å². The summed E-state index contributed by atoms with van der Waals surface area (Å²) >= 11 is 5.95. The molecule has 23 heavy (non-hydrogen) atoms. The predicted molar refractivity (Wildman–Crippen MR) is 96.6 cm³/mol. The molecule has 0 aliphatic rings. The van der Waals surface area contributed by atoms with Crippen LogP contribution in [-0.2, 0) is 16.4 Å². The number of hydrogen-bond donors (Lipinski definition) is 3. The topological polar surface area (TPSA) is 82.6 Å². The molecule has 0 atom stereocenters. The third-order valence-corrected chi connectivity index (χ3v) is 4.14. The lowest BCUT2D eigenvalue weighted by molar-refractivity contribution is 0.446. The van der Waals surface area contributed by atoms with Crippen LogP contribution >= 0.6 is 11.6 Å². The van der Waals surface area contributed by atoms with E-state index < -0.39 is 15.6 Å². The molecule has 3 N–H and O–H groups in total. The lowest BCUT2D eigenvalue weighted by Gasteiger charge is -2.26. The van der Waals surface area contributed by atoms with Gasteiger partial charge >= 0.3 is 0 Å². The van der Waals surface area contributed by atoms with Crippen molar-refractivity contribution in [2.24, 2.45) is 4.99 Å². The molecule has 1 aromatic carbocycles. The standard InChI is InChI=1S/C15H25ClN4O2S/c1-15(2,20-23(4,21)22)11-19-14(17-3)18-9-8-12-6-5-7-13(16)10-12/h5-7,10,20H,8-9,11H2,1-4H3,(H2,17,18,19). The van der Waals surface area contributed by atoms with E-state index in [0.29, 0.717) is 19.0 Å². The number of sulfonamides is 1. The molecule has 0 saturated heterocycles. The molecule has 0 saturated carbocycles. The maximum absolute atomic E-state index is 11.3. The second-order valence-corrected chi connectivity index (χ2v) is 8.18. The first-order valence-electron chi connectivity index (χ1n) is 7.29. The van der Waals surface area contributed by atoms with Crippen LogP contribution in [0.15, 0.2) is 29.3 Å². The molecule has 0 bridgehead atoms. The Hall–Kier alpha value is -1.31. The summed E-state index contributed by atoms with van der Waals surface area (Å²) in [5.74, 6) is 0.621. The summed E-state index contributed by atoms with van der Waals surface area (Å²) in [5.41, 5.74) is 0.526. The first-order valence-corrected chi connectivity index (χ1v) is 9.56. The summed E-state index contributed by atoms with van der Waals surface area (Å²) in [6.07, 6.45) is 1.96. The Morgan fingerprint density at radius 3 is 2.57 bits per heavy atom. The molecule has 0 heterocycles.